The highest BCUT2D eigenvalue weighted by Crippen LogP contribution is 2.23. The van der Waals surface area contributed by atoms with Crippen molar-refractivity contribution in [3.63, 3.8) is 0 Å². The van der Waals surface area contributed by atoms with Crippen molar-refractivity contribution >= 4 is 21.4 Å². The van der Waals surface area contributed by atoms with E-state index in [-0.39, 0.29) is 21.0 Å². The molecule has 1 aromatic rings. The molecule has 0 radical (unpaired) electrons. The van der Waals surface area contributed by atoms with Crippen molar-refractivity contribution in [1.82, 2.24) is 9.29 Å². The maximum Gasteiger partial charge on any atom is 0.305 e. The van der Waals surface area contributed by atoms with E-state index >= 15 is 0 Å². The molecule has 0 aliphatic heterocycles. The molecule has 0 amide bonds. The summed E-state index contributed by atoms with van der Waals surface area (Å²) in [5.74, 6) is 0.234. The Morgan fingerprint density at radius 2 is 1.83 bits per heavy atom. The average molecular weight is 292 g/mol. The quantitative estimate of drug-likeness (QED) is 0.899. The molecule has 0 unspecified atom stereocenters. The average Bonchev–Trinajstić information content (AvgIpc) is 2.54. The third-order valence-corrected chi connectivity index (χ3v) is 6.07. The van der Waals surface area contributed by atoms with Gasteiger partial charge in [-0.05, 0) is 26.7 Å². The molecule has 18 heavy (non-hydrogen) atoms. The van der Waals surface area contributed by atoms with E-state index in [1.54, 1.807) is 6.92 Å². The van der Waals surface area contributed by atoms with Gasteiger partial charge in [0.05, 0.1) is 0 Å². The van der Waals surface area contributed by atoms with Gasteiger partial charge in [-0.2, -0.15) is 4.31 Å². The van der Waals surface area contributed by atoms with E-state index in [4.69, 9.17) is 0 Å². The first-order valence-electron chi connectivity index (χ1n) is 5.87. The van der Waals surface area contributed by atoms with Crippen LogP contribution in [0.5, 0.6) is 0 Å². The number of aromatic amines is 1. The summed E-state index contributed by atoms with van der Waals surface area (Å²) in [5, 5.41) is 0. The Balaban J connectivity index is 3.25. The molecule has 1 heterocycles. The van der Waals surface area contributed by atoms with E-state index in [9.17, 15) is 13.2 Å². The summed E-state index contributed by atoms with van der Waals surface area (Å²) >= 11 is 0.753. The van der Waals surface area contributed by atoms with E-state index in [0.29, 0.717) is 12.2 Å². The second kappa shape index (κ2) is 5.54. The van der Waals surface area contributed by atoms with Crippen LogP contribution in [0.4, 0.5) is 0 Å². The van der Waals surface area contributed by atoms with Crippen LogP contribution in [-0.2, 0) is 10.0 Å². The van der Waals surface area contributed by atoms with Crippen LogP contribution in [0.2, 0.25) is 0 Å². The molecule has 0 atom stereocenters. The number of hydrogen-bond donors (Lipinski definition) is 1. The number of rotatable bonds is 5. The lowest BCUT2D eigenvalue weighted by atomic mass is 10.2. The second-order valence-corrected chi connectivity index (χ2v) is 8.06. The van der Waals surface area contributed by atoms with Gasteiger partial charge in [0.1, 0.15) is 0 Å². The minimum absolute atomic E-state index is 0.127. The maximum atomic E-state index is 12.5. The zero-order chi connectivity index (χ0) is 14.1. The zero-order valence-electron chi connectivity index (χ0n) is 11.4. The van der Waals surface area contributed by atoms with Crippen LogP contribution in [-0.4, -0.2) is 30.3 Å². The SMILES string of the molecule is Cc1[nH]c(=O)sc1S(=O)(=O)N(CC(C)C)C(C)C. The first-order chi connectivity index (χ1) is 8.16. The largest absolute Gasteiger partial charge is 0.315 e. The topological polar surface area (TPSA) is 70.2 Å². The number of thiazole rings is 1. The van der Waals surface area contributed by atoms with Crippen LogP contribution in [0.15, 0.2) is 9.00 Å². The molecule has 0 saturated heterocycles. The van der Waals surface area contributed by atoms with Crippen molar-refractivity contribution in [2.75, 3.05) is 6.54 Å². The van der Waals surface area contributed by atoms with Crippen molar-refractivity contribution < 1.29 is 8.42 Å². The third-order valence-electron chi connectivity index (χ3n) is 2.45. The minimum atomic E-state index is -3.58. The number of hydrogen-bond acceptors (Lipinski definition) is 4. The lowest BCUT2D eigenvalue weighted by molar-refractivity contribution is 0.319. The summed E-state index contributed by atoms with van der Waals surface area (Å²) in [7, 11) is -3.58. The van der Waals surface area contributed by atoms with Gasteiger partial charge in [-0.1, -0.05) is 25.2 Å². The minimum Gasteiger partial charge on any atom is -0.315 e. The van der Waals surface area contributed by atoms with Crippen molar-refractivity contribution in [2.45, 2.75) is 44.9 Å². The summed E-state index contributed by atoms with van der Waals surface area (Å²) in [6, 6.07) is -0.131. The summed E-state index contributed by atoms with van der Waals surface area (Å²) in [6.45, 7) is 9.67. The first kappa shape index (κ1) is 15.4. The number of sulfonamides is 1. The summed E-state index contributed by atoms with van der Waals surface area (Å²) in [4.78, 5) is 13.4. The summed E-state index contributed by atoms with van der Waals surface area (Å²) < 4.78 is 26.6. The van der Waals surface area contributed by atoms with E-state index in [1.807, 2.05) is 27.7 Å². The van der Waals surface area contributed by atoms with Crippen LogP contribution in [0.1, 0.15) is 33.4 Å². The highest BCUT2D eigenvalue weighted by molar-refractivity contribution is 7.91. The fraction of sp³-hybridized carbons (Fsp3) is 0.727. The number of aryl methyl sites for hydroxylation is 1. The Bertz CT molecular complexity index is 555. The Labute approximate surface area is 112 Å². The summed E-state index contributed by atoms with van der Waals surface area (Å²) in [6.07, 6.45) is 0. The molecule has 1 N–H and O–H groups in total. The predicted octanol–water partition coefficient (Wildman–Crippen LogP) is 1.80. The monoisotopic (exact) mass is 292 g/mol. The highest BCUT2D eigenvalue weighted by Gasteiger charge is 2.30. The first-order valence-corrected chi connectivity index (χ1v) is 8.13. The van der Waals surface area contributed by atoms with Gasteiger partial charge in [-0.15, -0.1) is 0 Å². The maximum absolute atomic E-state index is 12.5. The smallest absolute Gasteiger partial charge is 0.305 e. The van der Waals surface area contributed by atoms with Gasteiger partial charge in [-0.3, -0.25) is 4.79 Å². The van der Waals surface area contributed by atoms with E-state index < -0.39 is 10.0 Å². The molecular formula is C11H20N2O3S2. The Morgan fingerprint density at radius 1 is 1.28 bits per heavy atom. The normalized spacial score (nSPS) is 12.9. The van der Waals surface area contributed by atoms with Crippen LogP contribution in [0.25, 0.3) is 0 Å². The van der Waals surface area contributed by atoms with E-state index in [0.717, 1.165) is 11.3 Å². The van der Waals surface area contributed by atoms with Gasteiger partial charge >= 0.3 is 4.87 Å². The number of H-pyrrole nitrogens is 1. The lowest BCUT2D eigenvalue weighted by Crippen LogP contribution is -2.39. The molecular weight excluding hydrogens is 272 g/mol. The summed E-state index contributed by atoms with van der Waals surface area (Å²) in [5.41, 5.74) is 0.416. The number of nitrogens with one attached hydrogen (secondary N) is 1. The van der Waals surface area contributed by atoms with Gasteiger partial charge < -0.3 is 4.98 Å². The zero-order valence-corrected chi connectivity index (χ0v) is 13.0. The Kier molecular flexibility index (Phi) is 4.74. The molecule has 1 aromatic heterocycles. The van der Waals surface area contributed by atoms with Crippen molar-refractivity contribution in [1.29, 1.82) is 0 Å². The van der Waals surface area contributed by atoms with Gasteiger partial charge in [0.2, 0.25) is 0 Å². The van der Waals surface area contributed by atoms with Gasteiger partial charge in [0.25, 0.3) is 10.0 Å². The predicted molar refractivity (Wildman–Crippen MR) is 73.5 cm³/mol. The van der Waals surface area contributed by atoms with Crippen molar-refractivity contribution in [3.05, 3.63) is 15.4 Å². The fourth-order valence-electron chi connectivity index (χ4n) is 1.69. The highest BCUT2D eigenvalue weighted by atomic mass is 32.2. The van der Waals surface area contributed by atoms with Crippen molar-refractivity contribution in [3.8, 4) is 0 Å². The molecule has 5 nitrogen and oxygen atoms in total. The van der Waals surface area contributed by atoms with Crippen LogP contribution in [0.3, 0.4) is 0 Å². The molecule has 0 aromatic carbocycles. The molecule has 1 rings (SSSR count). The van der Waals surface area contributed by atoms with Crippen LogP contribution in [0, 0.1) is 12.8 Å². The van der Waals surface area contributed by atoms with Gasteiger partial charge in [0, 0.05) is 18.3 Å². The molecule has 0 aliphatic carbocycles. The van der Waals surface area contributed by atoms with E-state index in [1.165, 1.54) is 4.31 Å². The standard InChI is InChI=1S/C11H20N2O3S2/c1-7(2)6-13(8(3)4)18(15,16)10-9(5)12-11(14)17-10/h7-8H,6H2,1-5H3,(H,12,14). The molecule has 0 fully saturated rings. The van der Waals surface area contributed by atoms with Gasteiger partial charge in [-0.25, -0.2) is 8.42 Å². The molecule has 0 spiro atoms. The third kappa shape index (κ3) is 3.21. The fourth-order valence-corrected chi connectivity index (χ4v) is 4.90. The lowest BCUT2D eigenvalue weighted by Gasteiger charge is -2.26. The molecule has 0 saturated carbocycles. The molecule has 104 valence electrons. The molecule has 7 heteroatoms. The van der Waals surface area contributed by atoms with Crippen LogP contribution < -0.4 is 4.87 Å². The van der Waals surface area contributed by atoms with Crippen molar-refractivity contribution in [2.24, 2.45) is 5.92 Å². The second-order valence-electron chi connectivity index (χ2n) is 4.99. The molecule has 0 bridgehead atoms. The van der Waals surface area contributed by atoms with Gasteiger partial charge in [0.15, 0.2) is 4.21 Å². The van der Waals surface area contributed by atoms with Crippen LogP contribution >= 0.6 is 11.3 Å². The molecule has 0 aliphatic rings. The Morgan fingerprint density at radius 3 is 2.17 bits per heavy atom. The number of nitrogens with zero attached hydrogens (tertiary/aromatic N) is 1. The Hall–Kier alpha value is -0.660. The number of aromatic nitrogens is 1. The van der Waals surface area contributed by atoms with E-state index in [2.05, 4.69) is 4.98 Å².